The van der Waals surface area contributed by atoms with Crippen LogP contribution in [0.5, 0.6) is 0 Å². The van der Waals surface area contributed by atoms with Gasteiger partial charge in [-0.05, 0) is 20.3 Å². The fraction of sp³-hybridized carbons (Fsp3) is 0.818. The van der Waals surface area contributed by atoms with Gasteiger partial charge in [-0.1, -0.05) is 0 Å². The van der Waals surface area contributed by atoms with E-state index in [1.54, 1.807) is 13.8 Å². The predicted octanol–water partition coefficient (Wildman–Crippen LogP) is 1.39. The average molecular weight is 279 g/mol. The highest BCUT2D eigenvalue weighted by atomic mass is 31.2. The van der Waals surface area contributed by atoms with Crippen molar-refractivity contribution in [2.45, 2.75) is 33.2 Å². The highest BCUT2D eigenvalue weighted by Gasteiger charge is 2.24. The third kappa shape index (κ3) is 7.45. The van der Waals surface area contributed by atoms with Crippen LogP contribution in [0.2, 0.25) is 0 Å². The van der Waals surface area contributed by atoms with Crippen molar-refractivity contribution in [1.82, 2.24) is 5.32 Å². The van der Waals surface area contributed by atoms with Gasteiger partial charge in [-0.2, -0.15) is 0 Å². The van der Waals surface area contributed by atoms with E-state index in [0.717, 1.165) is 0 Å². The van der Waals surface area contributed by atoms with Crippen molar-refractivity contribution in [3.8, 4) is 0 Å². The van der Waals surface area contributed by atoms with Crippen LogP contribution in [0.25, 0.3) is 0 Å². The van der Waals surface area contributed by atoms with Crippen molar-refractivity contribution < 1.29 is 23.4 Å². The van der Waals surface area contributed by atoms with Gasteiger partial charge in [-0.15, -0.1) is 0 Å². The molecule has 0 aliphatic heterocycles. The summed E-state index contributed by atoms with van der Waals surface area (Å²) in [5.74, 6) is -0.834. The third-order valence-corrected chi connectivity index (χ3v) is 4.05. The molecule has 0 saturated carbocycles. The van der Waals surface area contributed by atoms with Crippen LogP contribution in [0.1, 0.15) is 27.2 Å². The van der Waals surface area contributed by atoms with E-state index in [-0.39, 0.29) is 25.1 Å². The van der Waals surface area contributed by atoms with Crippen molar-refractivity contribution in [2.24, 2.45) is 0 Å². The van der Waals surface area contributed by atoms with Crippen molar-refractivity contribution in [2.75, 3.05) is 26.0 Å². The van der Waals surface area contributed by atoms with E-state index in [0.29, 0.717) is 6.61 Å². The largest absolute Gasteiger partial charge is 0.464 e. The smallest absolute Gasteiger partial charge is 0.328 e. The van der Waals surface area contributed by atoms with Crippen LogP contribution in [-0.2, 0) is 23.4 Å². The number of carbonyl (C=O) groups excluding carboxylic acids is 2. The molecule has 7 heteroatoms. The standard InChI is InChI=1S/C11H22NO5P/c1-5-16-11(14)10(12-9(3)13)7-8-18(4,15)17-6-2/h10H,5-8H2,1-4H3,(H,12,13). The van der Waals surface area contributed by atoms with Crippen LogP contribution in [0.3, 0.4) is 0 Å². The van der Waals surface area contributed by atoms with Crippen LogP contribution in [0.15, 0.2) is 0 Å². The molecule has 1 N–H and O–H groups in total. The van der Waals surface area contributed by atoms with E-state index in [9.17, 15) is 14.2 Å². The van der Waals surface area contributed by atoms with Gasteiger partial charge in [0.05, 0.1) is 13.2 Å². The van der Waals surface area contributed by atoms with Gasteiger partial charge < -0.3 is 14.6 Å². The molecule has 0 aromatic heterocycles. The summed E-state index contributed by atoms with van der Waals surface area (Å²) in [6.45, 7) is 6.88. The first kappa shape index (κ1) is 17.1. The minimum atomic E-state index is -2.71. The van der Waals surface area contributed by atoms with E-state index in [2.05, 4.69) is 5.32 Å². The molecule has 0 aromatic rings. The molecule has 0 spiro atoms. The molecule has 0 heterocycles. The van der Waals surface area contributed by atoms with Gasteiger partial charge >= 0.3 is 5.97 Å². The number of hydrogen-bond donors (Lipinski definition) is 1. The Kier molecular flexibility index (Phi) is 7.87. The van der Waals surface area contributed by atoms with Crippen LogP contribution in [-0.4, -0.2) is 44.0 Å². The average Bonchev–Trinajstić information content (AvgIpc) is 2.24. The zero-order valence-corrected chi connectivity index (χ0v) is 12.3. The molecule has 1 amide bonds. The molecule has 0 fully saturated rings. The molecule has 0 aliphatic rings. The first-order valence-electron chi connectivity index (χ1n) is 5.97. The normalized spacial score (nSPS) is 15.6. The number of esters is 1. The van der Waals surface area contributed by atoms with Gasteiger partial charge in [-0.25, -0.2) is 4.79 Å². The molecule has 106 valence electrons. The van der Waals surface area contributed by atoms with Gasteiger partial charge in [0, 0.05) is 19.8 Å². The van der Waals surface area contributed by atoms with Crippen LogP contribution < -0.4 is 5.32 Å². The maximum Gasteiger partial charge on any atom is 0.328 e. The Balaban J connectivity index is 4.45. The second-order valence-corrected chi connectivity index (χ2v) is 6.68. The van der Waals surface area contributed by atoms with Crippen molar-refractivity contribution in [1.29, 1.82) is 0 Å². The molecule has 0 saturated heterocycles. The molecule has 6 nitrogen and oxygen atoms in total. The highest BCUT2D eigenvalue weighted by molar-refractivity contribution is 7.58. The second-order valence-electron chi connectivity index (χ2n) is 3.95. The first-order valence-corrected chi connectivity index (χ1v) is 8.23. The molecule has 0 bridgehead atoms. The van der Waals surface area contributed by atoms with Gasteiger partial charge in [0.25, 0.3) is 0 Å². The minimum Gasteiger partial charge on any atom is -0.464 e. The van der Waals surface area contributed by atoms with Gasteiger partial charge in [-0.3, -0.25) is 9.36 Å². The number of hydrogen-bond acceptors (Lipinski definition) is 5. The lowest BCUT2D eigenvalue weighted by atomic mass is 10.2. The summed E-state index contributed by atoms with van der Waals surface area (Å²) < 4.78 is 21.9. The van der Waals surface area contributed by atoms with Crippen LogP contribution >= 0.6 is 7.37 Å². The Hall–Kier alpha value is -0.870. The Labute approximate surface area is 108 Å². The maximum absolute atomic E-state index is 11.9. The quantitative estimate of drug-likeness (QED) is 0.536. The minimum absolute atomic E-state index is 0.227. The predicted molar refractivity (Wildman–Crippen MR) is 68.9 cm³/mol. The molecule has 0 aliphatic carbocycles. The van der Waals surface area contributed by atoms with Crippen molar-refractivity contribution in [3.05, 3.63) is 0 Å². The number of amides is 1. The van der Waals surface area contributed by atoms with Crippen molar-refractivity contribution in [3.63, 3.8) is 0 Å². The van der Waals surface area contributed by atoms with E-state index in [1.165, 1.54) is 13.6 Å². The summed E-state index contributed by atoms with van der Waals surface area (Å²) in [4.78, 5) is 22.6. The number of carbonyl (C=O) groups is 2. The Bertz CT molecular complexity index is 331. The molecule has 0 radical (unpaired) electrons. The lowest BCUT2D eigenvalue weighted by molar-refractivity contribution is -0.147. The topological polar surface area (TPSA) is 81.7 Å². The van der Waals surface area contributed by atoms with E-state index in [1.807, 2.05) is 0 Å². The summed E-state index contributed by atoms with van der Waals surface area (Å²) in [7, 11) is -2.71. The summed E-state index contributed by atoms with van der Waals surface area (Å²) in [6, 6.07) is -0.767. The summed E-state index contributed by atoms with van der Waals surface area (Å²) in [5, 5.41) is 2.49. The molecule has 0 rings (SSSR count). The zero-order valence-electron chi connectivity index (χ0n) is 11.4. The Morgan fingerprint density at radius 1 is 1.28 bits per heavy atom. The molecule has 0 aromatic carbocycles. The van der Waals surface area contributed by atoms with Crippen LogP contribution in [0.4, 0.5) is 0 Å². The zero-order chi connectivity index (χ0) is 14.2. The number of ether oxygens (including phenoxy) is 1. The maximum atomic E-state index is 11.9. The summed E-state index contributed by atoms with van der Waals surface area (Å²) >= 11 is 0. The summed E-state index contributed by atoms with van der Waals surface area (Å²) in [6.07, 6.45) is 0.469. The lowest BCUT2D eigenvalue weighted by Crippen LogP contribution is -2.41. The van der Waals surface area contributed by atoms with E-state index >= 15 is 0 Å². The van der Waals surface area contributed by atoms with Crippen LogP contribution in [0, 0.1) is 0 Å². The molecule has 2 atom stereocenters. The van der Waals surface area contributed by atoms with Gasteiger partial charge in [0.2, 0.25) is 5.91 Å². The fourth-order valence-corrected chi connectivity index (χ4v) is 2.84. The first-order chi connectivity index (χ1) is 8.32. The molecular formula is C11H22NO5P. The monoisotopic (exact) mass is 279 g/mol. The molecule has 2 unspecified atom stereocenters. The number of nitrogens with one attached hydrogen (secondary N) is 1. The molecule has 18 heavy (non-hydrogen) atoms. The molecular weight excluding hydrogens is 257 g/mol. The van der Waals surface area contributed by atoms with E-state index in [4.69, 9.17) is 9.26 Å². The van der Waals surface area contributed by atoms with Gasteiger partial charge in [0.1, 0.15) is 6.04 Å². The SMILES string of the molecule is CCOC(=O)C(CCP(C)(=O)OCC)NC(C)=O. The second kappa shape index (κ2) is 8.27. The third-order valence-electron chi connectivity index (χ3n) is 2.17. The highest BCUT2D eigenvalue weighted by Crippen LogP contribution is 2.43. The van der Waals surface area contributed by atoms with E-state index < -0.39 is 19.4 Å². The Morgan fingerprint density at radius 3 is 2.33 bits per heavy atom. The fourth-order valence-electron chi connectivity index (χ4n) is 1.44. The lowest BCUT2D eigenvalue weighted by Gasteiger charge is -2.18. The number of rotatable bonds is 8. The van der Waals surface area contributed by atoms with Crippen molar-refractivity contribution >= 4 is 19.2 Å². The van der Waals surface area contributed by atoms with Gasteiger partial charge in [0.15, 0.2) is 7.37 Å². The summed E-state index contributed by atoms with van der Waals surface area (Å²) in [5.41, 5.74) is 0. The Morgan fingerprint density at radius 2 is 1.89 bits per heavy atom.